The number of ether oxygens (including phenoxy) is 1. The molecule has 28 heavy (non-hydrogen) atoms. The van der Waals surface area contributed by atoms with Gasteiger partial charge in [-0.1, -0.05) is 23.7 Å². The first-order valence-electron chi connectivity index (χ1n) is 7.88. The maximum absolute atomic E-state index is 13.8. The minimum Gasteiger partial charge on any atom is -0.494 e. The largest absolute Gasteiger partial charge is 0.494 e. The van der Waals surface area contributed by atoms with Crippen LogP contribution in [0, 0.1) is 11.3 Å². The number of nitriles is 1. The van der Waals surface area contributed by atoms with Gasteiger partial charge in [-0.15, -0.1) is 0 Å². The van der Waals surface area contributed by atoms with Crippen LogP contribution >= 0.6 is 11.6 Å². The van der Waals surface area contributed by atoms with Crippen LogP contribution in [0.1, 0.15) is 24.8 Å². The van der Waals surface area contributed by atoms with Crippen LogP contribution in [0.25, 0.3) is 0 Å². The first-order chi connectivity index (χ1) is 12.9. The Morgan fingerprint density at radius 1 is 1.18 bits per heavy atom. The number of nitrogens with one attached hydrogen (secondary N) is 1. The summed E-state index contributed by atoms with van der Waals surface area (Å²) in [6.45, 7) is -0.264. The van der Waals surface area contributed by atoms with E-state index in [2.05, 4.69) is 0 Å². The van der Waals surface area contributed by atoms with Crippen molar-refractivity contribution < 1.29 is 35.9 Å². The van der Waals surface area contributed by atoms with Gasteiger partial charge in [-0.2, -0.15) is 31.6 Å². The maximum Gasteiger partial charge on any atom is 0.416 e. The lowest BCUT2D eigenvalue weighted by molar-refractivity contribution is -0.202. The van der Waals surface area contributed by atoms with Gasteiger partial charge < -0.3 is 10.1 Å². The summed E-state index contributed by atoms with van der Waals surface area (Å²) in [4.78, 5) is 11.9. The van der Waals surface area contributed by atoms with Crippen molar-refractivity contribution in [3.63, 3.8) is 0 Å². The summed E-state index contributed by atoms with van der Waals surface area (Å²) in [5, 5.41) is 10.1. The molecule has 2 rings (SSSR count). The first-order valence-corrected chi connectivity index (χ1v) is 8.25. The molecule has 1 heterocycles. The van der Waals surface area contributed by atoms with Gasteiger partial charge in [-0.3, -0.25) is 4.79 Å². The van der Waals surface area contributed by atoms with E-state index in [4.69, 9.17) is 21.6 Å². The molecule has 0 radical (unpaired) electrons. The number of hydrogen-bond donors (Lipinski definition) is 1. The number of benzene rings is 1. The minimum atomic E-state index is -4.93. The minimum absolute atomic E-state index is 0.0738. The molecule has 11 heteroatoms. The number of nitrogens with zero attached hydrogens (tertiary/aromatic N) is 1. The molecule has 1 aromatic carbocycles. The Labute approximate surface area is 160 Å². The highest BCUT2D eigenvalue weighted by Crippen LogP contribution is 2.47. The highest BCUT2D eigenvalue weighted by Gasteiger charge is 2.59. The Morgan fingerprint density at radius 3 is 2.25 bits per heavy atom. The molecule has 152 valence electrons. The average molecular weight is 427 g/mol. The fourth-order valence-corrected chi connectivity index (χ4v) is 2.99. The van der Waals surface area contributed by atoms with Crippen molar-refractivity contribution in [2.75, 3.05) is 6.61 Å². The van der Waals surface area contributed by atoms with Crippen molar-refractivity contribution >= 4 is 17.5 Å². The van der Waals surface area contributed by atoms with Crippen molar-refractivity contribution in [3.8, 4) is 11.8 Å². The van der Waals surface area contributed by atoms with E-state index in [0.717, 1.165) is 24.3 Å². The van der Waals surface area contributed by atoms with Gasteiger partial charge >= 0.3 is 12.4 Å². The Hall–Kier alpha value is -2.41. The number of amides is 1. The van der Waals surface area contributed by atoms with Gasteiger partial charge in [0.25, 0.3) is 5.91 Å². The van der Waals surface area contributed by atoms with Gasteiger partial charge in [0.05, 0.1) is 6.61 Å². The SMILES string of the molecule is N#CC1=C(Cl)CC(c2ccc(OCCCC(F)(F)F)cc2)(C(F)(F)F)NC1=O. The van der Waals surface area contributed by atoms with Gasteiger partial charge in [0, 0.05) is 17.9 Å². The molecule has 1 aliphatic heterocycles. The van der Waals surface area contributed by atoms with Gasteiger partial charge in [0.1, 0.15) is 17.4 Å². The first kappa shape index (κ1) is 21.9. The molecule has 0 bridgehead atoms. The van der Waals surface area contributed by atoms with Crippen LogP contribution in [-0.4, -0.2) is 24.9 Å². The third kappa shape index (κ3) is 4.70. The molecule has 0 aliphatic carbocycles. The number of alkyl halides is 6. The summed E-state index contributed by atoms with van der Waals surface area (Å²) in [6.07, 6.45) is -11.5. The predicted octanol–water partition coefficient (Wildman–Crippen LogP) is 4.70. The fourth-order valence-electron chi connectivity index (χ4n) is 2.66. The van der Waals surface area contributed by atoms with E-state index in [1.165, 1.54) is 6.07 Å². The fraction of sp³-hybridized carbons (Fsp3) is 0.412. The second kappa shape index (κ2) is 7.91. The zero-order valence-corrected chi connectivity index (χ0v) is 14.8. The molecule has 0 aromatic heterocycles. The highest BCUT2D eigenvalue weighted by molar-refractivity contribution is 6.33. The molecule has 1 amide bonds. The lowest BCUT2D eigenvalue weighted by Gasteiger charge is -2.39. The van der Waals surface area contributed by atoms with Crippen LogP contribution in [0.5, 0.6) is 5.75 Å². The number of rotatable bonds is 5. The number of carbonyl (C=O) groups is 1. The van der Waals surface area contributed by atoms with Gasteiger partial charge in [0.2, 0.25) is 0 Å². The topological polar surface area (TPSA) is 62.1 Å². The summed E-state index contributed by atoms with van der Waals surface area (Å²) in [7, 11) is 0. The van der Waals surface area contributed by atoms with Crippen LogP contribution in [0.4, 0.5) is 26.3 Å². The Kier molecular flexibility index (Phi) is 6.18. The monoisotopic (exact) mass is 426 g/mol. The smallest absolute Gasteiger partial charge is 0.416 e. The van der Waals surface area contributed by atoms with E-state index >= 15 is 0 Å². The second-order valence-corrected chi connectivity index (χ2v) is 6.47. The van der Waals surface area contributed by atoms with E-state index in [0.29, 0.717) is 0 Å². The molecular weight excluding hydrogens is 414 g/mol. The number of hydrogen-bond acceptors (Lipinski definition) is 3. The Balaban J connectivity index is 2.22. The van der Waals surface area contributed by atoms with Crippen molar-refractivity contribution in [2.45, 2.75) is 37.2 Å². The zero-order valence-electron chi connectivity index (χ0n) is 14.0. The maximum atomic E-state index is 13.8. The Bertz CT molecular complexity index is 811. The van der Waals surface area contributed by atoms with E-state index in [-0.39, 0.29) is 24.3 Å². The summed E-state index contributed by atoms with van der Waals surface area (Å²) in [5.74, 6) is -1.17. The molecule has 1 unspecified atom stereocenters. The third-order valence-electron chi connectivity index (χ3n) is 4.06. The Morgan fingerprint density at radius 2 is 1.79 bits per heavy atom. The van der Waals surface area contributed by atoms with Crippen molar-refractivity contribution in [2.24, 2.45) is 0 Å². The highest BCUT2D eigenvalue weighted by atomic mass is 35.5. The lowest BCUT2D eigenvalue weighted by atomic mass is 9.82. The van der Waals surface area contributed by atoms with E-state index in [1.54, 1.807) is 0 Å². The molecule has 0 saturated heterocycles. The predicted molar refractivity (Wildman–Crippen MR) is 86.2 cm³/mol. The van der Waals surface area contributed by atoms with Crippen LogP contribution < -0.4 is 10.1 Å². The third-order valence-corrected chi connectivity index (χ3v) is 4.38. The normalized spacial score (nSPS) is 20.6. The summed E-state index contributed by atoms with van der Waals surface area (Å²) >= 11 is 5.75. The lowest BCUT2D eigenvalue weighted by Crippen LogP contribution is -2.58. The summed E-state index contributed by atoms with van der Waals surface area (Å²) in [5.41, 5.74) is -3.78. The van der Waals surface area contributed by atoms with E-state index in [1.807, 2.05) is 5.32 Å². The molecule has 4 nitrogen and oxygen atoms in total. The van der Waals surface area contributed by atoms with Crippen LogP contribution in [-0.2, 0) is 10.3 Å². The molecule has 0 spiro atoms. The number of halogens is 7. The van der Waals surface area contributed by atoms with Crippen molar-refractivity contribution in [3.05, 3.63) is 40.4 Å². The molecule has 1 N–H and O–H groups in total. The van der Waals surface area contributed by atoms with Gasteiger partial charge in [0.15, 0.2) is 5.54 Å². The molecule has 1 atom stereocenters. The van der Waals surface area contributed by atoms with Gasteiger partial charge in [-0.25, -0.2) is 0 Å². The number of carbonyl (C=O) groups excluding carboxylic acids is 1. The summed E-state index contributed by atoms with van der Waals surface area (Å²) < 4.78 is 82.7. The van der Waals surface area contributed by atoms with Crippen LogP contribution in [0.3, 0.4) is 0 Å². The summed E-state index contributed by atoms with van der Waals surface area (Å²) in [6, 6.07) is 5.84. The second-order valence-electron chi connectivity index (χ2n) is 6.02. The van der Waals surface area contributed by atoms with Gasteiger partial charge in [-0.05, 0) is 24.1 Å². The molecular formula is C17H13ClF6N2O2. The standard InChI is InChI=1S/C17H13ClF6N2O2/c18-13-8-15(17(22,23)24,26-14(27)12(13)9-25)10-2-4-11(5-3-10)28-7-1-6-16(19,20)21/h2-5H,1,6-8H2,(H,26,27). The molecule has 1 aromatic rings. The zero-order chi connectivity index (χ0) is 21.2. The van der Waals surface area contributed by atoms with Crippen molar-refractivity contribution in [1.29, 1.82) is 5.26 Å². The van der Waals surface area contributed by atoms with Crippen LogP contribution in [0.15, 0.2) is 34.9 Å². The van der Waals surface area contributed by atoms with E-state index in [9.17, 15) is 31.1 Å². The molecule has 1 aliphatic rings. The van der Waals surface area contributed by atoms with E-state index < -0.39 is 47.2 Å². The molecule has 0 saturated carbocycles. The van der Waals surface area contributed by atoms with Crippen molar-refractivity contribution in [1.82, 2.24) is 5.32 Å². The average Bonchev–Trinajstić information content (AvgIpc) is 2.57. The quantitative estimate of drug-likeness (QED) is 0.548. The molecule has 0 fully saturated rings. The van der Waals surface area contributed by atoms with Crippen LogP contribution in [0.2, 0.25) is 0 Å².